The predicted octanol–water partition coefficient (Wildman–Crippen LogP) is 2.39. The average Bonchev–Trinajstić information content (AvgIpc) is 2.44. The molecule has 21 heavy (non-hydrogen) atoms. The number of benzene rings is 1. The second-order valence-electron chi connectivity index (χ2n) is 4.99. The minimum Gasteiger partial charge on any atom is -0.495 e. The molecule has 0 saturated heterocycles. The van der Waals surface area contributed by atoms with E-state index in [1.165, 1.54) is 13.2 Å². The monoisotopic (exact) mass is 334 g/mol. The first kappa shape index (κ1) is 18.2. The number of sulfonamides is 1. The second-order valence-corrected chi connectivity index (χ2v) is 7.16. The molecule has 1 aromatic carbocycles. The van der Waals surface area contributed by atoms with Gasteiger partial charge < -0.3 is 10.1 Å². The number of hydrogen-bond acceptors (Lipinski definition) is 4. The molecule has 0 saturated carbocycles. The molecule has 0 aliphatic rings. The van der Waals surface area contributed by atoms with Gasteiger partial charge in [-0.25, -0.2) is 13.1 Å². The van der Waals surface area contributed by atoms with Crippen LogP contribution in [0.2, 0.25) is 5.02 Å². The molecule has 5 nitrogen and oxygen atoms in total. The molecule has 0 heterocycles. The third kappa shape index (κ3) is 4.85. The molecule has 0 aliphatic carbocycles. The molecule has 0 aromatic heterocycles. The van der Waals surface area contributed by atoms with Crippen LogP contribution in [0.15, 0.2) is 17.0 Å². The van der Waals surface area contributed by atoms with Crippen molar-refractivity contribution in [2.75, 3.05) is 20.7 Å². The largest absolute Gasteiger partial charge is 0.495 e. The van der Waals surface area contributed by atoms with Crippen molar-refractivity contribution >= 4 is 21.6 Å². The Morgan fingerprint density at radius 3 is 2.57 bits per heavy atom. The van der Waals surface area contributed by atoms with E-state index >= 15 is 0 Å². The molecular formula is C14H23ClN2O3S. The highest BCUT2D eigenvalue weighted by molar-refractivity contribution is 7.89. The van der Waals surface area contributed by atoms with Crippen LogP contribution in [0.1, 0.15) is 25.8 Å². The molecule has 0 amide bonds. The Balaban J connectivity index is 3.21. The fourth-order valence-corrected chi connectivity index (χ4v) is 3.56. The minimum absolute atomic E-state index is 0.0750. The Morgan fingerprint density at radius 2 is 2.05 bits per heavy atom. The van der Waals surface area contributed by atoms with Crippen molar-refractivity contribution < 1.29 is 13.2 Å². The zero-order valence-electron chi connectivity index (χ0n) is 12.9. The Bertz CT molecular complexity index is 576. The van der Waals surface area contributed by atoms with Gasteiger partial charge in [-0.1, -0.05) is 31.9 Å². The number of halogens is 1. The van der Waals surface area contributed by atoms with Gasteiger partial charge in [-0.2, -0.15) is 0 Å². The van der Waals surface area contributed by atoms with E-state index in [1.54, 1.807) is 13.1 Å². The van der Waals surface area contributed by atoms with Gasteiger partial charge in [0.15, 0.2) is 0 Å². The highest BCUT2D eigenvalue weighted by Gasteiger charge is 2.23. The van der Waals surface area contributed by atoms with Crippen molar-refractivity contribution in [2.45, 2.75) is 31.7 Å². The summed E-state index contributed by atoms with van der Waals surface area (Å²) in [6.07, 6.45) is 0.903. The lowest BCUT2D eigenvalue weighted by molar-refractivity contribution is 0.395. The van der Waals surface area contributed by atoms with Gasteiger partial charge in [0.1, 0.15) is 10.6 Å². The van der Waals surface area contributed by atoms with Crippen molar-refractivity contribution in [2.24, 2.45) is 5.92 Å². The van der Waals surface area contributed by atoms with Gasteiger partial charge >= 0.3 is 0 Å². The van der Waals surface area contributed by atoms with Crippen molar-refractivity contribution in [3.8, 4) is 5.75 Å². The maximum absolute atomic E-state index is 12.5. The second kappa shape index (κ2) is 7.98. The summed E-state index contributed by atoms with van der Waals surface area (Å²) in [6.45, 7) is 4.86. The van der Waals surface area contributed by atoms with Gasteiger partial charge in [0.05, 0.1) is 7.11 Å². The van der Waals surface area contributed by atoms with E-state index in [-0.39, 0.29) is 10.8 Å². The van der Waals surface area contributed by atoms with E-state index in [0.29, 0.717) is 29.4 Å². The maximum atomic E-state index is 12.5. The Hall–Kier alpha value is -0.820. The highest BCUT2D eigenvalue weighted by Crippen LogP contribution is 2.31. The van der Waals surface area contributed by atoms with E-state index < -0.39 is 10.0 Å². The van der Waals surface area contributed by atoms with Crippen LogP contribution in [0.3, 0.4) is 0 Å². The molecule has 0 spiro atoms. The van der Waals surface area contributed by atoms with Crippen LogP contribution in [0.25, 0.3) is 0 Å². The zero-order chi connectivity index (χ0) is 16.0. The number of ether oxygens (including phenoxy) is 1. The molecule has 7 heteroatoms. The molecule has 0 bridgehead atoms. The van der Waals surface area contributed by atoms with Crippen LogP contribution in [-0.4, -0.2) is 29.1 Å². The molecule has 120 valence electrons. The van der Waals surface area contributed by atoms with Gasteiger partial charge in [0.2, 0.25) is 10.0 Å². The fourth-order valence-electron chi connectivity index (χ4n) is 1.85. The summed E-state index contributed by atoms with van der Waals surface area (Å²) in [7, 11) is -0.431. The first-order valence-corrected chi connectivity index (χ1v) is 8.72. The third-order valence-electron chi connectivity index (χ3n) is 3.28. The number of methoxy groups -OCH3 is 1. The van der Waals surface area contributed by atoms with Gasteiger partial charge in [-0.3, -0.25) is 0 Å². The molecule has 0 radical (unpaired) electrons. The van der Waals surface area contributed by atoms with E-state index in [4.69, 9.17) is 16.3 Å². The van der Waals surface area contributed by atoms with Crippen molar-refractivity contribution in [3.05, 3.63) is 22.7 Å². The molecule has 1 rings (SSSR count). The van der Waals surface area contributed by atoms with Gasteiger partial charge in [0.25, 0.3) is 0 Å². The summed E-state index contributed by atoms with van der Waals surface area (Å²) in [5, 5.41) is 3.34. The van der Waals surface area contributed by atoms with Crippen LogP contribution >= 0.6 is 11.6 Å². The Morgan fingerprint density at radius 1 is 1.38 bits per heavy atom. The molecule has 1 unspecified atom stereocenters. The first-order chi connectivity index (χ1) is 9.85. The van der Waals surface area contributed by atoms with Crippen LogP contribution in [0, 0.1) is 5.92 Å². The molecular weight excluding hydrogens is 312 g/mol. The summed E-state index contributed by atoms with van der Waals surface area (Å²) in [5.41, 5.74) is 0.705. The number of nitrogens with one attached hydrogen (secondary N) is 2. The van der Waals surface area contributed by atoms with Crippen LogP contribution in [0.4, 0.5) is 0 Å². The molecule has 2 N–H and O–H groups in total. The summed E-state index contributed by atoms with van der Waals surface area (Å²) >= 11 is 6.04. The predicted molar refractivity (Wildman–Crippen MR) is 85.4 cm³/mol. The summed E-state index contributed by atoms with van der Waals surface area (Å²) in [4.78, 5) is 0.0750. The lowest BCUT2D eigenvalue weighted by Gasteiger charge is -2.16. The number of rotatable bonds is 8. The van der Waals surface area contributed by atoms with E-state index in [0.717, 1.165) is 6.42 Å². The third-order valence-corrected chi connectivity index (χ3v) is 4.92. The van der Waals surface area contributed by atoms with Gasteiger partial charge in [-0.15, -0.1) is 0 Å². The van der Waals surface area contributed by atoms with Crippen molar-refractivity contribution in [1.82, 2.24) is 10.0 Å². The molecule has 1 atom stereocenters. The lowest BCUT2D eigenvalue weighted by Crippen LogP contribution is -2.29. The summed E-state index contributed by atoms with van der Waals surface area (Å²) in [5.74, 6) is 0.590. The van der Waals surface area contributed by atoms with Crippen molar-refractivity contribution in [3.63, 3.8) is 0 Å². The SMILES string of the molecule is CCC(C)CNS(=O)(=O)c1cc(Cl)cc(CNC)c1OC. The zero-order valence-corrected chi connectivity index (χ0v) is 14.4. The molecule has 0 aliphatic heterocycles. The van der Waals surface area contributed by atoms with Gasteiger partial charge in [-0.05, 0) is 25.1 Å². The first-order valence-electron chi connectivity index (χ1n) is 6.86. The highest BCUT2D eigenvalue weighted by atomic mass is 35.5. The van der Waals surface area contributed by atoms with Crippen LogP contribution in [0.5, 0.6) is 5.75 Å². The van der Waals surface area contributed by atoms with Gasteiger partial charge in [0, 0.05) is 23.7 Å². The smallest absolute Gasteiger partial charge is 0.244 e. The topological polar surface area (TPSA) is 67.4 Å². The normalized spacial score (nSPS) is 13.2. The quantitative estimate of drug-likeness (QED) is 0.766. The average molecular weight is 335 g/mol. The lowest BCUT2D eigenvalue weighted by atomic mass is 10.1. The van der Waals surface area contributed by atoms with E-state index in [1.807, 2.05) is 13.8 Å². The van der Waals surface area contributed by atoms with E-state index in [9.17, 15) is 8.42 Å². The van der Waals surface area contributed by atoms with Crippen LogP contribution < -0.4 is 14.8 Å². The van der Waals surface area contributed by atoms with E-state index in [2.05, 4.69) is 10.0 Å². The minimum atomic E-state index is -3.66. The number of hydrogen-bond donors (Lipinski definition) is 2. The Labute approximate surface area is 132 Å². The summed E-state index contributed by atoms with van der Waals surface area (Å²) in [6, 6.07) is 3.11. The molecule has 1 aromatic rings. The van der Waals surface area contributed by atoms with Crippen molar-refractivity contribution in [1.29, 1.82) is 0 Å². The fraction of sp³-hybridized carbons (Fsp3) is 0.571. The Kier molecular flexibility index (Phi) is 6.93. The summed E-state index contributed by atoms with van der Waals surface area (Å²) < 4.78 is 32.8. The molecule has 0 fully saturated rings. The standard InChI is InChI=1S/C14H23ClN2O3S/c1-5-10(2)8-17-21(18,19)13-7-12(15)6-11(9-16-3)14(13)20-4/h6-7,10,16-17H,5,8-9H2,1-4H3. The maximum Gasteiger partial charge on any atom is 0.244 e. The van der Waals surface area contributed by atoms with Crippen LogP contribution in [-0.2, 0) is 16.6 Å².